The fourth-order valence-electron chi connectivity index (χ4n) is 6.65. The molecular formula is C37H41N5. The van der Waals surface area contributed by atoms with E-state index in [2.05, 4.69) is 119 Å². The van der Waals surface area contributed by atoms with Gasteiger partial charge in [0.15, 0.2) is 0 Å². The van der Waals surface area contributed by atoms with E-state index in [9.17, 15) is 0 Å². The topological polar surface area (TPSA) is 53.1 Å². The third-order valence-electron chi connectivity index (χ3n) is 8.80. The molecule has 5 aromatic rings. The molecule has 0 bridgehead atoms. The van der Waals surface area contributed by atoms with Crippen molar-refractivity contribution in [2.75, 3.05) is 30.9 Å². The number of aromatic nitrogens is 2. The number of para-hydroxylation sites is 1. The number of benzene rings is 4. The van der Waals surface area contributed by atoms with Gasteiger partial charge < -0.3 is 15.5 Å². The zero-order chi connectivity index (χ0) is 28.8. The first kappa shape index (κ1) is 27.9. The molecule has 5 heteroatoms. The van der Waals surface area contributed by atoms with Gasteiger partial charge in [0.25, 0.3) is 0 Å². The van der Waals surface area contributed by atoms with Gasteiger partial charge in [-0.2, -0.15) is 4.98 Å². The highest BCUT2D eigenvalue weighted by Gasteiger charge is 2.36. The van der Waals surface area contributed by atoms with Gasteiger partial charge in [0.05, 0.1) is 5.52 Å². The lowest BCUT2D eigenvalue weighted by atomic mass is 9.67. The van der Waals surface area contributed by atoms with Crippen molar-refractivity contribution in [3.05, 3.63) is 132 Å². The Balaban J connectivity index is 1.14. The van der Waals surface area contributed by atoms with E-state index in [1.165, 1.54) is 16.7 Å². The molecule has 2 N–H and O–H groups in total. The fraction of sp³-hybridized carbons (Fsp3) is 0.297. The first-order valence-corrected chi connectivity index (χ1v) is 15.2. The van der Waals surface area contributed by atoms with Crippen LogP contribution in [0.5, 0.6) is 0 Å². The Morgan fingerprint density at radius 3 is 1.69 bits per heavy atom. The van der Waals surface area contributed by atoms with Crippen LogP contribution in [0.25, 0.3) is 10.9 Å². The van der Waals surface area contributed by atoms with E-state index in [-0.39, 0.29) is 5.41 Å². The quantitative estimate of drug-likeness (QED) is 0.176. The summed E-state index contributed by atoms with van der Waals surface area (Å²) < 4.78 is 0. The predicted molar refractivity (Wildman–Crippen MR) is 175 cm³/mol. The first-order chi connectivity index (χ1) is 20.6. The summed E-state index contributed by atoms with van der Waals surface area (Å²) in [5.41, 5.74) is 4.78. The molecule has 214 valence electrons. The highest BCUT2D eigenvalue weighted by molar-refractivity contribution is 5.90. The van der Waals surface area contributed by atoms with E-state index in [0.29, 0.717) is 12.1 Å². The normalized spacial score (nSPS) is 17.2. The van der Waals surface area contributed by atoms with Crippen molar-refractivity contribution in [1.82, 2.24) is 15.3 Å². The maximum absolute atomic E-state index is 4.86. The average Bonchev–Trinajstić information content (AvgIpc) is 3.05. The van der Waals surface area contributed by atoms with Gasteiger partial charge in [0.1, 0.15) is 5.82 Å². The summed E-state index contributed by atoms with van der Waals surface area (Å²) in [5.74, 6) is 1.68. The van der Waals surface area contributed by atoms with Crippen LogP contribution in [-0.2, 0) is 5.41 Å². The van der Waals surface area contributed by atoms with Crippen molar-refractivity contribution < 1.29 is 0 Å². The van der Waals surface area contributed by atoms with Gasteiger partial charge in [0, 0.05) is 37.0 Å². The van der Waals surface area contributed by atoms with Gasteiger partial charge in [-0.25, -0.2) is 4.98 Å². The SMILES string of the molecule is CN(C)c1nc(NC2CCC(NCCC(c3ccccc3)(c3ccccc3)c3ccccc3)CC2)nc2ccccc12. The Labute approximate surface area is 250 Å². The lowest BCUT2D eigenvalue weighted by Gasteiger charge is -2.37. The van der Waals surface area contributed by atoms with Crippen LogP contribution in [0.3, 0.4) is 0 Å². The van der Waals surface area contributed by atoms with Gasteiger partial charge in [-0.05, 0) is 67.5 Å². The van der Waals surface area contributed by atoms with E-state index >= 15 is 0 Å². The van der Waals surface area contributed by atoms with E-state index in [1.54, 1.807) is 0 Å². The molecule has 1 aliphatic carbocycles. The monoisotopic (exact) mass is 555 g/mol. The minimum absolute atomic E-state index is 0.215. The Morgan fingerprint density at radius 2 is 1.14 bits per heavy atom. The van der Waals surface area contributed by atoms with Gasteiger partial charge in [-0.3, -0.25) is 0 Å². The van der Waals surface area contributed by atoms with Crippen LogP contribution < -0.4 is 15.5 Å². The average molecular weight is 556 g/mol. The second-order valence-electron chi connectivity index (χ2n) is 11.7. The van der Waals surface area contributed by atoms with Crippen molar-refractivity contribution in [2.45, 2.75) is 49.6 Å². The molecule has 0 amide bonds. The second kappa shape index (κ2) is 12.7. The second-order valence-corrected chi connectivity index (χ2v) is 11.7. The summed E-state index contributed by atoms with van der Waals surface area (Å²) in [6.45, 7) is 0.946. The molecule has 0 atom stereocenters. The van der Waals surface area contributed by atoms with Crippen LogP contribution in [0, 0.1) is 0 Å². The highest BCUT2D eigenvalue weighted by Crippen LogP contribution is 2.42. The van der Waals surface area contributed by atoms with Crippen molar-refractivity contribution in [2.24, 2.45) is 0 Å². The van der Waals surface area contributed by atoms with Crippen molar-refractivity contribution in [3.63, 3.8) is 0 Å². The molecule has 1 heterocycles. The fourth-order valence-corrected chi connectivity index (χ4v) is 6.65. The Hall–Kier alpha value is -4.22. The molecule has 4 aromatic carbocycles. The highest BCUT2D eigenvalue weighted by atomic mass is 15.2. The van der Waals surface area contributed by atoms with Crippen LogP contribution in [0.1, 0.15) is 48.8 Å². The molecule has 0 saturated heterocycles. The summed E-state index contributed by atoms with van der Waals surface area (Å²) >= 11 is 0. The Morgan fingerprint density at radius 1 is 0.643 bits per heavy atom. The van der Waals surface area contributed by atoms with E-state index in [0.717, 1.165) is 61.3 Å². The van der Waals surface area contributed by atoms with Crippen molar-refractivity contribution >= 4 is 22.7 Å². The van der Waals surface area contributed by atoms with Gasteiger partial charge in [-0.15, -0.1) is 0 Å². The van der Waals surface area contributed by atoms with Crippen LogP contribution >= 0.6 is 0 Å². The molecule has 5 nitrogen and oxygen atoms in total. The predicted octanol–water partition coefficient (Wildman–Crippen LogP) is 7.43. The Kier molecular flexibility index (Phi) is 8.47. The third-order valence-corrected chi connectivity index (χ3v) is 8.80. The molecule has 1 aliphatic rings. The maximum atomic E-state index is 4.86. The zero-order valence-corrected chi connectivity index (χ0v) is 24.7. The van der Waals surface area contributed by atoms with Crippen LogP contribution in [0.4, 0.5) is 11.8 Å². The summed E-state index contributed by atoms with van der Waals surface area (Å²) in [6, 6.07) is 42.2. The number of rotatable bonds is 10. The standard InChI is InChI=1S/C37H41N5/c1-42(2)35-33-20-12-13-21-34(33)40-36(41-35)39-32-24-22-31(23-25-32)38-27-26-37(28-14-6-3-7-15-28,29-16-8-4-9-17-29)30-18-10-5-11-19-30/h3-21,31-32,38H,22-27H2,1-2H3,(H,39,40,41). The van der Waals surface area contributed by atoms with Gasteiger partial charge >= 0.3 is 0 Å². The molecule has 0 aliphatic heterocycles. The largest absolute Gasteiger partial charge is 0.362 e. The van der Waals surface area contributed by atoms with E-state index in [4.69, 9.17) is 9.97 Å². The van der Waals surface area contributed by atoms with Crippen LogP contribution in [-0.4, -0.2) is 42.7 Å². The number of fused-ring (bicyclic) bond motifs is 1. The van der Waals surface area contributed by atoms with Crippen LogP contribution in [0.15, 0.2) is 115 Å². The molecule has 1 saturated carbocycles. The van der Waals surface area contributed by atoms with E-state index < -0.39 is 0 Å². The molecule has 0 spiro atoms. The molecule has 1 fully saturated rings. The number of anilines is 2. The minimum Gasteiger partial charge on any atom is -0.362 e. The summed E-state index contributed by atoms with van der Waals surface area (Å²) in [5, 5.41) is 8.69. The van der Waals surface area contributed by atoms with E-state index in [1.807, 2.05) is 26.2 Å². The molecule has 0 unspecified atom stereocenters. The maximum Gasteiger partial charge on any atom is 0.225 e. The number of hydrogen-bond donors (Lipinski definition) is 2. The summed E-state index contributed by atoms with van der Waals surface area (Å²) in [6.07, 6.45) is 5.47. The number of hydrogen-bond acceptors (Lipinski definition) is 5. The first-order valence-electron chi connectivity index (χ1n) is 15.2. The van der Waals surface area contributed by atoms with Crippen molar-refractivity contribution in [1.29, 1.82) is 0 Å². The Bertz CT molecular complexity index is 1470. The zero-order valence-electron chi connectivity index (χ0n) is 24.7. The summed E-state index contributed by atoms with van der Waals surface area (Å²) in [7, 11) is 4.08. The lowest BCUT2D eigenvalue weighted by molar-refractivity contribution is 0.344. The molecular weight excluding hydrogens is 514 g/mol. The van der Waals surface area contributed by atoms with Crippen LogP contribution in [0.2, 0.25) is 0 Å². The minimum atomic E-state index is -0.215. The molecule has 1 aromatic heterocycles. The van der Waals surface area contributed by atoms with Crippen molar-refractivity contribution in [3.8, 4) is 0 Å². The molecule has 42 heavy (non-hydrogen) atoms. The summed E-state index contributed by atoms with van der Waals surface area (Å²) in [4.78, 5) is 11.8. The third kappa shape index (κ3) is 5.88. The molecule has 0 radical (unpaired) electrons. The smallest absolute Gasteiger partial charge is 0.225 e. The lowest BCUT2D eigenvalue weighted by Crippen LogP contribution is -2.40. The number of nitrogens with zero attached hydrogens (tertiary/aromatic N) is 3. The number of nitrogens with one attached hydrogen (secondary N) is 2. The van der Waals surface area contributed by atoms with Gasteiger partial charge in [0.2, 0.25) is 5.95 Å². The molecule has 6 rings (SSSR count). The van der Waals surface area contributed by atoms with Gasteiger partial charge in [-0.1, -0.05) is 103 Å².